The molecule has 3 heterocycles. The van der Waals surface area contributed by atoms with E-state index in [1.165, 1.54) is 12.8 Å². The quantitative estimate of drug-likeness (QED) is 0.860. The van der Waals surface area contributed by atoms with Crippen LogP contribution >= 0.6 is 0 Å². The molecule has 1 unspecified atom stereocenters. The zero-order valence-corrected chi connectivity index (χ0v) is 15.3. The maximum atomic E-state index is 12.1. The van der Waals surface area contributed by atoms with Gasteiger partial charge in [0.1, 0.15) is 17.6 Å². The number of aromatic nitrogens is 2. The Labute approximate surface area is 153 Å². The molecule has 1 aliphatic heterocycles. The number of aliphatic hydroxyl groups excluding tert-OH is 1. The van der Waals surface area contributed by atoms with Gasteiger partial charge < -0.3 is 14.4 Å². The van der Waals surface area contributed by atoms with Gasteiger partial charge in [0, 0.05) is 25.1 Å². The van der Waals surface area contributed by atoms with Gasteiger partial charge in [-0.15, -0.1) is 0 Å². The van der Waals surface area contributed by atoms with E-state index in [1.807, 2.05) is 25.1 Å². The van der Waals surface area contributed by atoms with Crippen molar-refractivity contribution in [3.05, 3.63) is 51.8 Å². The van der Waals surface area contributed by atoms with Crippen molar-refractivity contribution in [2.45, 2.75) is 51.2 Å². The first-order valence-electron chi connectivity index (χ1n) is 9.63. The Bertz CT molecular complexity index is 801. The van der Waals surface area contributed by atoms with Crippen molar-refractivity contribution in [1.82, 2.24) is 14.7 Å². The van der Waals surface area contributed by atoms with Crippen LogP contribution in [0.25, 0.3) is 0 Å². The molecule has 0 bridgehead atoms. The van der Waals surface area contributed by atoms with Crippen molar-refractivity contribution in [2.24, 2.45) is 5.92 Å². The zero-order chi connectivity index (χ0) is 18.1. The fourth-order valence-electron chi connectivity index (χ4n) is 3.76. The summed E-state index contributed by atoms with van der Waals surface area (Å²) in [5.41, 5.74) is 1.07. The van der Waals surface area contributed by atoms with E-state index in [9.17, 15) is 9.90 Å². The van der Waals surface area contributed by atoms with E-state index in [4.69, 9.17) is 4.42 Å². The highest BCUT2D eigenvalue weighted by atomic mass is 16.4. The zero-order valence-electron chi connectivity index (χ0n) is 15.3. The summed E-state index contributed by atoms with van der Waals surface area (Å²) in [5, 5.41) is 14.9. The van der Waals surface area contributed by atoms with E-state index in [2.05, 4.69) is 10.00 Å². The van der Waals surface area contributed by atoms with Gasteiger partial charge in [0.15, 0.2) is 0 Å². The minimum absolute atomic E-state index is 0.000408. The summed E-state index contributed by atoms with van der Waals surface area (Å²) in [6, 6.07) is 7.28. The van der Waals surface area contributed by atoms with E-state index in [-0.39, 0.29) is 5.56 Å². The van der Waals surface area contributed by atoms with Crippen LogP contribution in [0.3, 0.4) is 0 Å². The standard InChI is InChI=1S/C20H27N3O3/c1-14-2-6-19(26-14)18(24)13-22-10-8-15(9-11-22)12-23-20(25)7-5-17(21-23)16-3-4-16/h2,5-7,15-16,18,24H,3-4,8-13H2,1H3. The predicted octanol–water partition coefficient (Wildman–Crippen LogP) is 2.47. The molecule has 0 radical (unpaired) electrons. The minimum atomic E-state index is -0.584. The molecular formula is C20H27N3O3. The first-order valence-corrected chi connectivity index (χ1v) is 9.63. The maximum Gasteiger partial charge on any atom is 0.266 e. The van der Waals surface area contributed by atoms with Gasteiger partial charge in [-0.05, 0) is 69.8 Å². The fourth-order valence-corrected chi connectivity index (χ4v) is 3.76. The topological polar surface area (TPSA) is 71.5 Å². The third kappa shape index (κ3) is 4.07. The highest BCUT2D eigenvalue weighted by Crippen LogP contribution is 2.38. The highest BCUT2D eigenvalue weighted by molar-refractivity contribution is 5.12. The third-order valence-corrected chi connectivity index (χ3v) is 5.54. The summed E-state index contributed by atoms with van der Waals surface area (Å²) < 4.78 is 7.17. The van der Waals surface area contributed by atoms with Crippen LogP contribution in [-0.2, 0) is 6.54 Å². The molecule has 6 heteroatoms. The molecule has 0 spiro atoms. The van der Waals surface area contributed by atoms with Gasteiger partial charge in [0.05, 0.1) is 5.69 Å². The molecule has 6 nitrogen and oxygen atoms in total. The predicted molar refractivity (Wildman–Crippen MR) is 98.0 cm³/mol. The lowest BCUT2D eigenvalue weighted by Gasteiger charge is -2.32. The van der Waals surface area contributed by atoms with E-state index < -0.39 is 6.10 Å². The molecule has 2 aromatic heterocycles. The highest BCUT2D eigenvalue weighted by Gasteiger charge is 2.27. The van der Waals surface area contributed by atoms with Crippen LogP contribution in [0, 0.1) is 12.8 Å². The van der Waals surface area contributed by atoms with Crippen LogP contribution in [-0.4, -0.2) is 39.4 Å². The molecule has 1 aliphatic carbocycles. The number of aliphatic hydroxyl groups is 1. The first kappa shape index (κ1) is 17.5. The van der Waals surface area contributed by atoms with Crippen LogP contribution in [0.2, 0.25) is 0 Å². The fraction of sp³-hybridized carbons (Fsp3) is 0.600. The average molecular weight is 357 g/mol. The van der Waals surface area contributed by atoms with Gasteiger partial charge in [-0.1, -0.05) is 0 Å². The largest absolute Gasteiger partial charge is 0.464 e. The molecule has 1 N–H and O–H groups in total. The number of hydrogen-bond donors (Lipinski definition) is 1. The van der Waals surface area contributed by atoms with Crippen molar-refractivity contribution in [3.63, 3.8) is 0 Å². The second kappa shape index (κ2) is 7.37. The molecule has 1 saturated carbocycles. The molecule has 0 aromatic carbocycles. The molecule has 1 atom stereocenters. The molecular weight excluding hydrogens is 330 g/mol. The van der Waals surface area contributed by atoms with Crippen molar-refractivity contribution in [2.75, 3.05) is 19.6 Å². The lowest BCUT2D eigenvalue weighted by molar-refractivity contribution is 0.0719. The molecule has 1 saturated heterocycles. The third-order valence-electron chi connectivity index (χ3n) is 5.54. The smallest absolute Gasteiger partial charge is 0.266 e. The Kier molecular flexibility index (Phi) is 4.96. The molecule has 26 heavy (non-hydrogen) atoms. The second-order valence-corrected chi connectivity index (χ2v) is 7.76. The molecule has 2 aromatic rings. The summed E-state index contributed by atoms with van der Waals surface area (Å²) in [6.07, 6.45) is 3.85. The Balaban J connectivity index is 1.30. The Morgan fingerprint density at radius 1 is 1.19 bits per heavy atom. The number of hydrogen-bond acceptors (Lipinski definition) is 5. The van der Waals surface area contributed by atoms with Crippen LogP contribution in [0.15, 0.2) is 33.5 Å². The van der Waals surface area contributed by atoms with E-state index >= 15 is 0 Å². The summed E-state index contributed by atoms with van der Waals surface area (Å²) in [6.45, 7) is 5.04. The van der Waals surface area contributed by atoms with Gasteiger partial charge in [0.25, 0.3) is 5.56 Å². The first-order chi connectivity index (χ1) is 12.6. The monoisotopic (exact) mass is 357 g/mol. The van der Waals surface area contributed by atoms with Crippen molar-refractivity contribution in [3.8, 4) is 0 Å². The Morgan fingerprint density at radius 3 is 2.62 bits per heavy atom. The van der Waals surface area contributed by atoms with Gasteiger partial charge >= 0.3 is 0 Å². The molecule has 2 aliphatic rings. The van der Waals surface area contributed by atoms with Crippen LogP contribution in [0.4, 0.5) is 0 Å². The summed E-state index contributed by atoms with van der Waals surface area (Å²) >= 11 is 0. The van der Waals surface area contributed by atoms with E-state index in [1.54, 1.807) is 10.7 Å². The van der Waals surface area contributed by atoms with Gasteiger partial charge in [0.2, 0.25) is 0 Å². The molecule has 0 amide bonds. The number of nitrogens with zero attached hydrogens (tertiary/aromatic N) is 3. The minimum Gasteiger partial charge on any atom is -0.464 e. The number of likely N-dealkylation sites (tertiary alicyclic amines) is 1. The number of furan rings is 1. The lowest BCUT2D eigenvalue weighted by Crippen LogP contribution is -2.38. The molecule has 2 fully saturated rings. The Hall–Kier alpha value is -1.92. The molecule has 4 rings (SSSR count). The number of aryl methyl sites for hydroxylation is 1. The van der Waals surface area contributed by atoms with Crippen molar-refractivity contribution >= 4 is 0 Å². The number of piperidine rings is 1. The number of β-amino-alcohol motifs (C(OH)–C–C–N with tert-alkyl or cyclic N) is 1. The van der Waals surface area contributed by atoms with Crippen LogP contribution in [0.5, 0.6) is 0 Å². The van der Waals surface area contributed by atoms with Crippen LogP contribution in [0.1, 0.15) is 54.9 Å². The summed E-state index contributed by atoms with van der Waals surface area (Å²) in [7, 11) is 0. The van der Waals surface area contributed by atoms with Crippen molar-refractivity contribution in [1.29, 1.82) is 0 Å². The van der Waals surface area contributed by atoms with Gasteiger partial charge in [-0.3, -0.25) is 4.79 Å². The SMILES string of the molecule is Cc1ccc(C(O)CN2CCC(Cn3nc(C4CC4)ccc3=O)CC2)o1. The normalized spacial score (nSPS) is 20.4. The van der Waals surface area contributed by atoms with Gasteiger partial charge in [-0.25, -0.2) is 4.68 Å². The van der Waals surface area contributed by atoms with Crippen LogP contribution < -0.4 is 5.56 Å². The Morgan fingerprint density at radius 2 is 1.96 bits per heavy atom. The summed E-state index contributed by atoms with van der Waals surface area (Å²) in [5.74, 6) is 2.49. The average Bonchev–Trinajstić information content (AvgIpc) is 3.39. The molecule has 140 valence electrons. The van der Waals surface area contributed by atoms with E-state index in [0.29, 0.717) is 30.7 Å². The van der Waals surface area contributed by atoms with Crippen molar-refractivity contribution < 1.29 is 9.52 Å². The number of rotatable bonds is 6. The maximum absolute atomic E-state index is 12.1. The van der Waals surface area contributed by atoms with Gasteiger partial charge in [-0.2, -0.15) is 5.10 Å². The summed E-state index contributed by atoms with van der Waals surface area (Å²) in [4.78, 5) is 14.4. The van der Waals surface area contributed by atoms with E-state index in [0.717, 1.165) is 37.4 Å². The lowest BCUT2D eigenvalue weighted by atomic mass is 9.96. The second-order valence-electron chi connectivity index (χ2n) is 7.76.